The highest BCUT2D eigenvalue weighted by atomic mass is 35.5. The van der Waals surface area contributed by atoms with E-state index in [9.17, 15) is 4.39 Å². The van der Waals surface area contributed by atoms with Crippen LogP contribution in [0.5, 0.6) is 0 Å². The molecule has 16 heavy (non-hydrogen) atoms. The van der Waals surface area contributed by atoms with E-state index in [4.69, 9.17) is 17.3 Å². The second-order valence-electron chi connectivity index (χ2n) is 4.21. The summed E-state index contributed by atoms with van der Waals surface area (Å²) in [6, 6.07) is 5.28. The van der Waals surface area contributed by atoms with Crippen LogP contribution in [-0.2, 0) is 5.67 Å². The first-order valence-corrected chi connectivity index (χ1v) is 6.48. The zero-order chi connectivity index (χ0) is 12.3. The number of benzene rings is 1. The third kappa shape index (κ3) is 3.37. The zero-order valence-electron chi connectivity index (χ0n) is 9.76. The molecule has 4 heteroatoms. The lowest BCUT2D eigenvalue weighted by Gasteiger charge is -2.19. The quantitative estimate of drug-likeness (QED) is 0.830. The van der Waals surface area contributed by atoms with Gasteiger partial charge in [0.25, 0.3) is 0 Å². The second-order valence-corrected chi connectivity index (χ2v) is 6.24. The molecule has 0 fully saturated rings. The van der Waals surface area contributed by atoms with Gasteiger partial charge in [0.05, 0.1) is 5.02 Å². The molecule has 1 nitrogen and oxygen atoms in total. The van der Waals surface area contributed by atoms with Crippen molar-refractivity contribution in [1.29, 1.82) is 0 Å². The lowest BCUT2D eigenvalue weighted by Crippen LogP contribution is -2.26. The minimum absolute atomic E-state index is 0.0417. The lowest BCUT2D eigenvalue weighted by molar-refractivity contribution is 0.203. The molecule has 0 aromatic heterocycles. The van der Waals surface area contributed by atoms with E-state index in [-0.39, 0.29) is 6.54 Å². The highest BCUT2D eigenvalue weighted by Gasteiger charge is 2.24. The number of alkyl halides is 1. The largest absolute Gasteiger partial charge is 0.327 e. The molecule has 0 heterocycles. The fourth-order valence-electron chi connectivity index (χ4n) is 1.29. The van der Waals surface area contributed by atoms with Gasteiger partial charge in [-0.3, -0.25) is 0 Å². The smallest absolute Gasteiger partial charge is 0.145 e. The van der Waals surface area contributed by atoms with Crippen LogP contribution in [0, 0.1) is 0 Å². The molecular formula is C12H17ClFNS. The van der Waals surface area contributed by atoms with Gasteiger partial charge in [-0.15, -0.1) is 11.8 Å². The van der Waals surface area contributed by atoms with E-state index < -0.39 is 5.67 Å². The summed E-state index contributed by atoms with van der Waals surface area (Å²) in [7, 11) is 0. The molecule has 1 atom stereocenters. The van der Waals surface area contributed by atoms with E-state index in [1.54, 1.807) is 23.9 Å². The molecule has 0 saturated carbocycles. The van der Waals surface area contributed by atoms with E-state index in [0.29, 0.717) is 15.8 Å². The standard InChI is InChI=1S/C12H17ClFNS/c1-8(2)16-11-5-4-9(6-10(11)13)12(3,14)7-15/h4-6,8H,7,15H2,1-3H3. The van der Waals surface area contributed by atoms with Crippen LogP contribution in [-0.4, -0.2) is 11.8 Å². The van der Waals surface area contributed by atoms with Gasteiger partial charge >= 0.3 is 0 Å². The van der Waals surface area contributed by atoms with E-state index in [2.05, 4.69) is 13.8 Å². The summed E-state index contributed by atoms with van der Waals surface area (Å²) in [5, 5.41) is 1.04. The predicted molar refractivity (Wildman–Crippen MR) is 70.0 cm³/mol. The van der Waals surface area contributed by atoms with Crippen LogP contribution in [0.25, 0.3) is 0 Å². The zero-order valence-corrected chi connectivity index (χ0v) is 11.3. The number of thioether (sulfide) groups is 1. The van der Waals surface area contributed by atoms with Crippen molar-refractivity contribution in [3.8, 4) is 0 Å². The maximum absolute atomic E-state index is 13.9. The molecule has 1 aromatic carbocycles. The van der Waals surface area contributed by atoms with Crippen LogP contribution >= 0.6 is 23.4 Å². The maximum atomic E-state index is 13.9. The molecular weight excluding hydrogens is 245 g/mol. The summed E-state index contributed by atoms with van der Waals surface area (Å²) in [6.45, 7) is 5.61. The summed E-state index contributed by atoms with van der Waals surface area (Å²) in [5.41, 5.74) is 4.41. The Labute approximate surface area is 106 Å². The van der Waals surface area contributed by atoms with Gasteiger partial charge in [-0.25, -0.2) is 4.39 Å². The maximum Gasteiger partial charge on any atom is 0.145 e. The van der Waals surface area contributed by atoms with Crippen molar-refractivity contribution in [3.63, 3.8) is 0 Å². The van der Waals surface area contributed by atoms with Crippen LogP contribution in [0.3, 0.4) is 0 Å². The van der Waals surface area contributed by atoms with Gasteiger partial charge in [0, 0.05) is 16.7 Å². The Morgan fingerprint density at radius 2 is 2.12 bits per heavy atom. The number of hydrogen-bond acceptors (Lipinski definition) is 2. The third-order valence-electron chi connectivity index (χ3n) is 2.28. The van der Waals surface area contributed by atoms with Gasteiger partial charge in [0.1, 0.15) is 5.67 Å². The van der Waals surface area contributed by atoms with Crippen molar-refractivity contribution in [2.24, 2.45) is 5.73 Å². The molecule has 0 bridgehead atoms. The van der Waals surface area contributed by atoms with Crippen molar-refractivity contribution in [1.82, 2.24) is 0 Å². The highest BCUT2D eigenvalue weighted by molar-refractivity contribution is 8.00. The molecule has 0 aliphatic heterocycles. The Morgan fingerprint density at radius 1 is 1.50 bits per heavy atom. The predicted octanol–water partition coefficient (Wildman–Crippen LogP) is 3.98. The summed E-state index contributed by atoms with van der Waals surface area (Å²) >= 11 is 7.77. The van der Waals surface area contributed by atoms with E-state index in [0.717, 1.165) is 4.90 Å². The summed E-state index contributed by atoms with van der Waals surface area (Å²) in [6.07, 6.45) is 0. The molecule has 0 aliphatic rings. The van der Waals surface area contributed by atoms with E-state index >= 15 is 0 Å². The van der Waals surface area contributed by atoms with Crippen molar-refractivity contribution < 1.29 is 4.39 Å². The Bertz CT molecular complexity index is 366. The van der Waals surface area contributed by atoms with Gasteiger partial charge < -0.3 is 5.73 Å². The molecule has 0 aliphatic carbocycles. The van der Waals surface area contributed by atoms with Crippen molar-refractivity contribution in [2.45, 2.75) is 36.6 Å². The first-order valence-electron chi connectivity index (χ1n) is 5.22. The van der Waals surface area contributed by atoms with Crippen LogP contribution in [0.1, 0.15) is 26.3 Å². The molecule has 2 N–H and O–H groups in total. The van der Waals surface area contributed by atoms with E-state index in [1.165, 1.54) is 6.92 Å². The fourth-order valence-corrected chi connectivity index (χ4v) is 2.43. The third-order valence-corrected chi connectivity index (χ3v) is 3.79. The number of hydrogen-bond donors (Lipinski definition) is 1. The van der Waals surface area contributed by atoms with Gasteiger partial charge in [-0.1, -0.05) is 31.5 Å². The molecule has 1 rings (SSSR count). The molecule has 1 aromatic rings. The van der Waals surface area contributed by atoms with Gasteiger partial charge in [-0.05, 0) is 24.6 Å². The van der Waals surface area contributed by atoms with Gasteiger partial charge in [0.15, 0.2) is 0 Å². The number of nitrogens with two attached hydrogens (primary N) is 1. The van der Waals surface area contributed by atoms with E-state index in [1.807, 2.05) is 6.07 Å². The molecule has 0 saturated heterocycles. The number of rotatable bonds is 4. The second kappa shape index (κ2) is 5.39. The first kappa shape index (κ1) is 13.8. The van der Waals surface area contributed by atoms with Crippen LogP contribution < -0.4 is 5.73 Å². The number of halogens is 2. The first-order chi connectivity index (χ1) is 7.36. The summed E-state index contributed by atoms with van der Waals surface area (Å²) in [5.74, 6) is 0. The van der Waals surface area contributed by atoms with Crippen molar-refractivity contribution >= 4 is 23.4 Å². The van der Waals surface area contributed by atoms with Crippen molar-refractivity contribution in [2.75, 3.05) is 6.54 Å². The average Bonchev–Trinajstić information content (AvgIpc) is 2.20. The Hall–Kier alpha value is -0.250. The Morgan fingerprint density at radius 3 is 2.56 bits per heavy atom. The van der Waals surface area contributed by atoms with Gasteiger partial charge in [0.2, 0.25) is 0 Å². The lowest BCUT2D eigenvalue weighted by atomic mass is 9.98. The molecule has 0 amide bonds. The summed E-state index contributed by atoms with van der Waals surface area (Å²) < 4.78 is 13.9. The Kier molecular flexibility index (Phi) is 4.65. The minimum atomic E-state index is -1.51. The average molecular weight is 262 g/mol. The normalized spacial score (nSPS) is 15.2. The van der Waals surface area contributed by atoms with Crippen LogP contribution in [0.2, 0.25) is 5.02 Å². The van der Waals surface area contributed by atoms with Gasteiger partial charge in [-0.2, -0.15) is 0 Å². The topological polar surface area (TPSA) is 26.0 Å². The molecule has 0 radical (unpaired) electrons. The molecule has 1 unspecified atom stereocenters. The molecule has 90 valence electrons. The minimum Gasteiger partial charge on any atom is -0.327 e. The Balaban J connectivity index is 2.99. The fraction of sp³-hybridized carbons (Fsp3) is 0.500. The highest BCUT2D eigenvalue weighted by Crippen LogP contribution is 2.34. The van der Waals surface area contributed by atoms with Crippen LogP contribution in [0.15, 0.2) is 23.1 Å². The monoisotopic (exact) mass is 261 g/mol. The van der Waals surface area contributed by atoms with Crippen molar-refractivity contribution in [3.05, 3.63) is 28.8 Å². The SMILES string of the molecule is CC(C)Sc1ccc(C(C)(F)CN)cc1Cl. The molecule has 0 spiro atoms. The summed E-state index contributed by atoms with van der Waals surface area (Å²) in [4.78, 5) is 0.980. The van der Waals surface area contributed by atoms with Crippen LogP contribution in [0.4, 0.5) is 4.39 Å².